The van der Waals surface area contributed by atoms with Gasteiger partial charge in [0.1, 0.15) is 0 Å². The van der Waals surface area contributed by atoms with Crippen LogP contribution < -0.4 is 0 Å². The zero-order valence-corrected chi connectivity index (χ0v) is 13.8. The van der Waals surface area contributed by atoms with Gasteiger partial charge >= 0.3 is 0 Å². The summed E-state index contributed by atoms with van der Waals surface area (Å²) < 4.78 is 0. The minimum atomic E-state index is 0.360. The van der Waals surface area contributed by atoms with Crippen LogP contribution in [0.4, 0.5) is 0 Å². The summed E-state index contributed by atoms with van der Waals surface area (Å²) in [5.74, 6) is 1.25. The van der Waals surface area contributed by atoms with Crippen LogP contribution >= 0.6 is 11.8 Å². The highest BCUT2D eigenvalue weighted by Gasteiger charge is 1.95. The van der Waals surface area contributed by atoms with Crippen LogP contribution in [0.2, 0.25) is 0 Å². The second kappa shape index (κ2) is 12.3. The van der Waals surface area contributed by atoms with Gasteiger partial charge in [-0.2, -0.15) is 0 Å². The van der Waals surface area contributed by atoms with Gasteiger partial charge in [-0.15, -0.1) is 11.8 Å². The molecule has 2 heteroatoms. The Kier molecular flexibility index (Phi) is 10.8. The van der Waals surface area contributed by atoms with Crippen molar-refractivity contribution < 1.29 is 5.11 Å². The molecule has 20 heavy (non-hydrogen) atoms. The van der Waals surface area contributed by atoms with E-state index >= 15 is 0 Å². The van der Waals surface area contributed by atoms with E-state index < -0.39 is 0 Å². The number of benzene rings is 1. The van der Waals surface area contributed by atoms with Crippen molar-refractivity contribution >= 4 is 11.8 Å². The van der Waals surface area contributed by atoms with Crippen LogP contribution in [0.1, 0.15) is 63.4 Å². The number of hydrogen-bond acceptors (Lipinski definition) is 2. The zero-order valence-electron chi connectivity index (χ0n) is 12.9. The Morgan fingerprint density at radius 2 is 1.25 bits per heavy atom. The van der Waals surface area contributed by atoms with E-state index in [0.29, 0.717) is 6.61 Å². The Morgan fingerprint density at radius 1 is 0.750 bits per heavy atom. The molecule has 0 saturated carbocycles. The Morgan fingerprint density at radius 3 is 1.80 bits per heavy atom. The normalized spacial score (nSPS) is 10.9. The highest BCUT2D eigenvalue weighted by molar-refractivity contribution is 7.99. The molecule has 0 amide bonds. The minimum absolute atomic E-state index is 0.360. The van der Waals surface area contributed by atoms with Crippen molar-refractivity contribution in [1.82, 2.24) is 0 Å². The Bertz CT molecular complexity index is 321. The molecule has 0 heterocycles. The zero-order chi connectivity index (χ0) is 14.5. The number of thioether (sulfide) groups is 1. The third-order valence-corrected chi connectivity index (χ3v) is 4.69. The van der Waals surface area contributed by atoms with Gasteiger partial charge in [0.25, 0.3) is 0 Å². The molecule has 1 aromatic carbocycles. The molecule has 114 valence electrons. The number of hydrogen-bond donors (Lipinski definition) is 1. The molecule has 0 spiro atoms. The number of unbranched alkanes of at least 4 members (excludes halogenated alkanes) is 8. The van der Waals surface area contributed by atoms with E-state index in [4.69, 9.17) is 5.11 Å². The summed E-state index contributed by atoms with van der Waals surface area (Å²) in [6.45, 7) is 2.50. The fraction of sp³-hybridized carbons (Fsp3) is 0.667. The van der Waals surface area contributed by atoms with Gasteiger partial charge < -0.3 is 5.11 Å². The molecule has 0 atom stereocenters. The van der Waals surface area contributed by atoms with Crippen molar-refractivity contribution in [2.24, 2.45) is 0 Å². The summed E-state index contributed by atoms with van der Waals surface area (Å²) in [5, 5.41) is 8.68. The molecule has 0 aromatic heterocycles. The average molecular weight is 295 g/mol. The summed E-state index contributed by atoms with van der Waals surface area (Å²) >= 11 is 1.98. The molecule has 0 radical (unpaired) electrons. The molecule has 0 aliphatic heterocycles. The van der Waals surface area contributed by atoms with Gasteiger partial charge in [0, 0.05) is 11.5 Å². The Labute approximate surface area is 129 Å². The summed E-state index contributed by atoms with van der Waals surface area (Å²) in [6.07, 6.45) is 11.7. The summed E-state index contributed by atoms with van der Waals surface area (Å²) in [6, 6.07) is 8.84. The molecule has 0 bridgehead atoms. The van der Waals surface area contributed by atoms with E-state index in [9.17, 15) is 0 Å². The van der Waals surface area contributed by atoms with E-state index in [2.05, 4.69) is 31.2 Å². The van der Waals surface area contributed by atoms with Crippen molar-refractivity contribution in [3.8, 4) is 0 Å². The maximum absolute atomic E-state index is 8.68. The number of aliphatic hydroxyl groups excluding tert-OH is 1. The fourth-order valence-electron chi connectivity index (χ4n) is 2.28. The Hall–Kier alpha value is -0.470. The first-order chi connectivity index (χ1) is 9.83. The minimum Gasteiger partial charge on any atom is -0.396 e. The number of aryl methyl sites for hydroxylation is 1. The Balaban J connectivity index is 1.84. The number of aliphatic hydroxyl groups is 1. The van der Waals surface area contributed by atoms with E-state index in [1.165, 1.54) is 67.6 Å². The SMILES string of the molecule is Cc1ccc(SCCCCCCCCCCCO)cc1. The maximum Gasteiger partial charge on any atom is 0.0431 e. The maximum atomic E-state index is 8.68. The monoisotopic (exact) mass is 294 g/mol. The first-order valence-corrected chi connectivity index (χ1v) is 9.12. The van der Waals surface area contributed by atoms with Crippen molar-refractivity contribution in [3.05, 3.63) is 29.8 Å². The van der Waals surface area contributed by atoms with Crippen LogP contribution in [0.5, 0.6) is 0 Å². The van der Waals surface area contributed by atoms with Gasteiger partial charge in [-0.05, 0) is 37.7 Å². The van der Waals surface area contributed by atoms with Gasteiger partial charge in [0.15, 0.2) is 0 Å². The summed E-state index contributed by atoms with van der Waals surface area (Å²) in [7, 11) is 0. The molecule has 0 saturated heterocycles. The largest absolute Gasteiger partial charge is 0.396 e. The van der Waals surface area contributed by atoms with Crippen molar-refractivity contribution in [2.45, 2.75) is 69.6 Å². The van der Waals surface area contributed by atoms with Crippen LogP contribution in [-0.2, 0) is 0 Å². The third kappa shape index (κ3) is 9.44. The predicted molar refractivity (Wildman–Crippen MR) is 90.5 cm³/mol. The second-order valence-electron chi connectivity index (χ2n) is 5.57. The lowest BCUT2D eigenvalue weighted by molar-refractivity contribution is 0.282. The van der Waals surface area contributed by atoms with Crippen LogP contribution in [0.15, 0.2) is 29.2 Å². The first-order valence-electron chi connectivity index (χ1n) is 8.13. The lowest BCUT2D eigenvalue weighted by Gasteiger charge is -2.03. The molecule has 1 rings (SSSR count). The van der Waals surface area contributed by atoms with Crippen LogP contribution in [0.3, 0.4) is 0 Å². The quantitative estimate of drug-likeness (QED) is 0.400. The van der Waals surface area contributed by atoms with Crippen LogP contribution in [-0.4, -0.2) is 17.5 Å². The molecule has 0 aliphatic carbocycles. The topological polar surface area (TPSA) is 20.2 Å². The molecule has 0 unspecified atom stereocenters. The molecule has 1 N–H and O–H groups in total. The average Bonchev–Trinajstić information content (AvgIpc) is 2.47. The lowest BCUT2D eigenvalue weighted by atomic mass is 10.1. The van der Waals surface area contributed by atoms with Gasteiger partial charge in [0.2, 0.25) is 0 Å². The standard InChI is InChI=1S/C18H30OS/c1-17-11-13-18(14-12-17)20-16-10-8-6-4-2-3-5-7-9-15-19/h11-14,19H,2-10,15-16H2,1H3. The van der Waals surface area contributed by atoms with E-state index in [1.807, 2.05) is 11.8 Å². The smallest absolute Gasteiger partial charge is 0.0431 e. The summed E-state index contributed by atoms with van der Waals surface area (Å²) in [5.41, 5.74) is 1.34. The molecule has 0 fully saturated rings. The van der Waals surface area contributed by atoms with Gasteiger partial charge in [-0.3, -0.25) is 0 Å². The second-order valence-corrected chi connectivity index (χ2v) is 6.74. The number of rotatable bonds is 12. The van der Waals surface area contributed by atoms with Gasteiger partial charge in [-0.25, -0.2) is 0 Å². The molecular formula is C18H30OS. The van der Waals surface area contributed by atoms with Crippen LogP contribution in [0, 0.1) is 6.92 Å². The highest BCUT2D eigenvalue weighted by atomic mass is 32.2. The lowest BCUT2D eigenvalue weighted by Crippen LogP contribution is -1.85. The van der Waals surface area contributed by atoms with Gasteiger partial charge in [0.05, 0.1) is 0 Å². The fourth-order valence-corrected chi connectivity index (χ4v) is 3.19. The predicted octanol–water partition coefficient (Wildman–Crippen LogP) is 5.59. The van der Waals surface area contributed by atoms with Crippen molar-refractivity contribution in [2.75, 3.05) is 12.4 Å². The molecular weight excluding hydrogens is 264 g/mol. The molecule has 0 aliphatic rings. The molecule has 1 nitrogen and oxygen atoms in total. The molecule has 1 aromatic rings. The summed E-state index contributed by atoms with van der Waals surface area (Å²) in [4.78, 5) is 1.40. The third-order valence-electron chi connectivity index (χ3n) is 3.59. The van der Waals surface area contributed by atoms with Crippen LogP contribution in [0.25, 0.3) is 0 Å². The van der Waals surface area contributed by atoms with Crippen molar-refractivity contribution in [3.63, 3.8) is 0 Å². The van der Waals surface area contributed by atoms with E-state index in [1.54, 1.807) is 0 Å². The van der Waals surface area contributed by atoms with E-state index in [0.717, 1.165) is 6.42 Å². The van der Waals surface area contributed by atoms with E-state index in [-0.39, 0.29) is 0 Å². The van der Waals surface area contributed by atoms with Gasteiger partial charge in [-0.1, -0.05) is 62.6 Å². The highest BCUT2D eigenvalue weighted by Crippen LogP contribution is 2.20. The first kappa shape index (κ1) is 17.6. The van der Waals surface area contributed by atoms with Crippen molar-refractivity contribution in [1.29, 1.82) is 0 Å².